The first-order chi connectivity index (χ1) is 5.18. The third-order valence-corrected chi connectivity index (χ3v) is 5.85. The van der Waals surface area contributed by atoms with E-state index in [0.29, 0.717) is 0 Å². The Morgan fingerprint density at radius 3 is 2.09 bits per heavy atom. The fourth-order valence-corrected chi connectivity index (χ4v) is 5.11. The Morgan fingerprint density at radius 1 is 1.09 bits per heavy atom. The number of benzene rings is 1. The van der Waals surface area contributed by atoms with Crippen LogP contribution in [0.4, 0.5) is 0 Å². The zero-order valence-electron chi connectivity index (χ0n) is 5.73. The van der Waals surface area contributed by atoms with E-state index < -0.39 is 17.5 Å². The number of hydrogen-bond donors (Lipinski definition) is 0. The van der Waals surface area contributed by atoms with Crippen LogP contribution in [0, 0.1) is 0 Å². The van der Waals surface area contributed by atoms with Gasteiger partial charge in [0.15, 0.2) is 0 Å². The first-order valence-electron chi connectivity index (χ1n) is 3.21. The Bertz CT molecular complexity index is 220. The van der Waals surface area contributed by atoms with Crippen molar-refractivity contribution in [2.24, 2.45) is 0 Å². The molecule has 1 rings (SSSR count). The van der Waals surface area contributed by atoms with E-state index in [1.165, 1.54) is 5.56 Å². The molecule has 0 nitrogen and oxygen atoms in total. The monoisotopic (exact) mass is 316 g/mol. The van der Waals surface area contributed by atoms with Crippen molar-refractivity contribution in [1.29, 1.82) is 0 Å². The summed E-state index contributed by atoms with van der Waals surface area (Å²) < 4.78 is 0.877. The standard InChI is InChI=1S/C7H6Cl.2ClH.Sn.H/c1-6-2-4-7(8)5-3-6;;;;/h2-5H,1H2;2*1H;;/q;;;+2;/p-2. The number of hydrogen-bond acceptors (Lipinski definition) is 0. The van der Waals surface area contributed by atoms with E-state index in [9.17, 15) is 0 Å². The summed E-state index contributed by atoms with van der Waals surface area (Å²) in [5, 5.41) is 0.754. The van der Waals surface area contributed by atoms with Gasteiger partial charge in [0.05, 0.1) is 0 Å². The molecule has 4 heteroatoms. The zero-order valence-corrected chi connectivity index (χ0v) is 11.3. The molecule has 60 valence electrons. The van der Waals surface area contributed by atoms with Gasteiger partial charge in [-0.15, -0.1) is 0 Å². The van der Waals surface area contributed by atoms with E-state index in [2.05, 4.69) is 0 Å². The molecule has 0 aliphatic rings. The minimum atomic E-state index is -2.11. The zero-order chi connectivity index (χ0) is 8.27. The third kappa shape index (κ3) is 3.88. The molecule has 0 saturated heterocycles. The van der Waals surface area contributed by atoms with Crippen molar-refractivity contribution >= 4 is 46.9 Å². The van der Waals surface area contributed by atoms with Crippen LogP contribution in [-0.2, 0) is 4.44 Å². The fraction of sp³-hybridized carbons (Fsp3) is 0.143. The molecule has 0 unspecified atom stereocenters. The van der Waals surface area contributed by atoms with Crippen molar-refractivity contribution in [3.63, 3.8) is 0 Å². The van der Waals surface area contributed by atoms with Crippen molar-refractivity contribution in [2.45, 2.75) is 4.44 Å². The van der Waals surface area contributed by atoms with Gasteiger partial charge in [0.2, 0.25) is 0 Å². The Kier molecular flexibility index (Phi) is 4.35. The van der Waals surface area contributed by atoms with Gasteiger partial charge in [0.1, 0.15) is 0 Å². The summed E-state index contributed by atoms with van der Waals surface area (Å²) in [4.78, 5) is 0. The average molecular weight is 316 g/mol. The summed E-state index contributed by atoms with van der Waals surface area (Å²) in [6.07, 6.45) is 0. The quantitative estimate of drug-likeness (QED) is 0.736. The fourth-order valence-electron chi connectivity index (χ4n) is 0.799. The van der Waals surface area contributed by atoms with Gasteiger partial charge < -0.3 is 0 Å². The molecule has 0 amide bonds. The molecule has 11 heavy (non-hydrogen) atoms. The molecule has 0 N–H and O–H groups in total. The molecular weight excluding hydrogens is 309 g/mol. The molecule has 0 fully saturated rings. The summed E-state index contributed by atoms with van der Waals surface area (Å²) in [5.74, 6) is 0. The van der Waals surface area contributed by atoms with E-state index in [1.54, 1.807) is 0 Å². The van der Waals surface area contributed by atoms with Gasteiger partial charge in [-0.25, -0.2) is 0 Å². The summed E-state index contributed by atoms with van der Waals surface area (Å²) in [5.41, 5.74) is 1.19. The normalized spacial score (nSPS) is 10.5. The molecule has 0 radical (unpaired) electrons. The molecule has 0 bridgehead atoms. The van der Waals surface area contributed by atoms with Crippen molar-refractivity contribution in [1.82, 2.24) is 0 Å². The minimum absolute atomic E-state index is 0.754. The van der Waals surface area contributed by atoms with Gasteiger partial charge in [-0.05, 0) is 0 Å². The van der Waals surface area contributed by atoms with Gasteiger partial charge in [-0.2, -0.15) is 0 Å². The van der Waals surface area contributed by atoms with Gasteiger partial charge in [0.25, 0.3) is 0 Å². The second-order valence-corrected chi connectivity index (χ2v) is 14.6. The Hall–Kier alpha value is 0.889. The number of rotatable bonds is 2. The predicted octanol–water partition coefficient (Wildman–Crippen LogP) is 3.12. The van der Waals surface area contributed by atoms with Crippen LogP contribution in [0.2, 0.25) is 5.02 Å². The molecule has 0 atom stereocenters. The summed E-state index contributed by atoms with van der Waals surface area (Å²) in [6, 6.07) is 7.66. The van der Waals surface area contributed by atoms with Crippen LogP contribution in [0.3, 0.4) is 0 Å². The molecule has 0 aliphatic heterocycles. The van der Waals surface area contributed by atoms with Crippen molar-refractivity contribution in [3.8, 4) is 0 Å². The van der Waals surface area contributed by atoms with E-state index in [-0.39, 0.29) is 0 Å². The van der Waals surface area contributed by atoms with Gasteiger partial charge in [-0.1, -0.05) is 0 Å². The first-order valence-corrected chi connectivity index (χ1v) is 14.3. The molecule has 1 aromatic rings. The Balaban J connectivity index is 2.66. The maximum atomic E-state index is 5.79. The van der Waals surface area contributed by atoms with E-state index in [1.807, 2.05) is 24.3 Å². The van der Waals surface area contributed by atoms with Crippen LogP contribution in [0.1, 0.15) is 5.56 Å². The molecule has 0 aliphatic carbocycles. The van der Waals surface area contributed by atoms with E-state index >= 15 is 0 Å². The summed E-state index contributed by atoms with van der Waals surface area (Å²) in [6.45, 7) is 0. The molecular formula is C7H7Cl3Sn. The summed E-state index contributed by atoms with van der Waals surface area (Å²) in [7, 11) is 11.6. The van der Waals surface area contributed by atoms with Crippen molar-refractivity contribution in [3.05, 3.63) is 34.9 Å². The van der Waals surface area contributed by atoms with Crippen LogP contribution in [0.5, 0.6) is 0 Å². The van der Waals surface area contributed by atoms with Crippen molar-refractivity contribution < 1.29 is 0 Å². The van der Waals surface area contributed by atoms with E-state index in [4.69, 9.17) is 29.4 Å². The molecule has 0 heterocycles. The van der Waals surface area contributed by atoms with Crippen LogP contribution < -0.4 is 0 Å². The second kappa shape index (κ2) is 4.80. The van der Waals surface area contributed by atoms with E-state index in [0.717, 1.165) is 9.46 Å². The topological polar surface area (TPSA) is 0 Å². The Morgan fingerprint density at radius 2 is 1.64 bits per heavy atom. The predicted molar refractivity (Wildman–Crippen MR) is 54.0 cm³/mol. The van der Waals surface area contributed by atoms with Crippen molar-refractivity contribution in [2.75, 3.05) is 0 Å². The van der Waals surface area contributed by atoms with Gasteiger partial charge >= 0.3 is 86.2 Å². The number of halogens is 3. The van der Waals surface area contributed by atoms with Crippen LogP contribution in [-0.4, -0.2) is 17.5 Å². The molecule has 0 spiro atoms. The maximum absolute atomic E-state index is 5.79. The molecule has 0 saturated carbocycles. The molecule has 0 aromatic heterocycles. The van der Waals surface area contributed by atoms with Gasteiger partial charge in [-0.3, -0.25) is 0 Å². The average Bonchev–Trinajstić information content (AvgIpc) is 1.93. The third-order valence-electron chi connectivity index (χ3n) is 1.30. The van der Waals surface area contributed by atoms with Crippen LogP contribution in [0.15, 0.2) is 24.3 Å². The molecule has 1 aromatic carbocycles. The second-order valence-electron chi connectivity index (χ2n) is 2.22. The van der Waals surface area contributed by atoms with Crippen LogP contribution >= 0.6 is 29.4 Å². The first kappa shape index (κ1) is 9.97. The van der Waals surface area contributed by atoms with Crippen LogP contribution in [0.25, 0.3) is 0 Å². The SMILES string of the molecule is Clc1ccc([CH2][SnH]([Cl])[Cl])cc1. The van der Waals surface area contributed by atoms with Gasteiger partial charge in [0, 0.05) is 0 Å². The Labute approximate surface area is 85.6 Å². The summed E-state index contributed by atoms with van der Waals surface area (Å²) >= 11 is 3.59.